The van der Waals surface area contributed by atoms with Crippen LogP contribution in [0.2, 0.25) is 0 Å². The van der Waals surface area contributed by atoms with Crippen LogP contribution < -0.4 is 10.1 Å². The van der Waals surface area contributed by atoms with Crippen LogP contribution in [0.3, 0.4) is 0 Å². The quantitative estimate of drug-likeness (QED) is 0.275. The number of furan rings is 1. The van der Waals surface area contributed by atoms with Crippen molar-refractivity contribution in [3.05, 3.63) is 96.7 Å². The molecule has 164 valence electrons. The Kier molecular flexibility index (Phi) is 7.02. The van der Waals surface area contributed by atoms with Crippen molar-refractivity contribution in [3.8, 4) is 5.75 Å². The number of para-hydroxylation sites is 3. The van der Waals surface area contributed by atoms with Crippen molar-refractivity contribution < 1.29 is 13.9 Å². The predicted molar refractivity (Wildman–Crippen MR) is 125 cm³/mol. The zero-order valence-corrected chi connectivity index (χ0v) is 18.0. The Morgan fingerprint density at radius 3 is 2.81 bits per heavy atom. The number of hydrogen-bond acceptors (Lipinski definition) is 4. The minimum Gasteiger partial charge on any atom is -0.493 e. The average molecular weight is 430 g/mol. The zero-order valence-electron chi connectivity index (χ0n) is 18.0. The van der Waals surface area contributed by atoms with Crippen LogP contribution in [0.1, 0.15) is 28.4 Å². The van der Waals surface area contributed by atoms with Crippen molar-refractivity contribution >= 4 is 16.9 Å². The summed E-state index contributed by atoms with van der Waals surface area (Å²) >= 11 is 0. The molecule has 0 aliphatic heterocycles. The predicted octanol–water partition coefficient (Wildman–Crippen LogP) is 4.80. The third-order valence-corrected chi connectivity index (χ3v) is 5.23. The number of amides is 1. The van der Waals surface area contributed by atoms with E-state index < -0.39 is 0 Å². The van der Waals surface area contributed by atoms with Crippen molar-refractivity contribution in [2.24, 2.45) is 0 Å². The maximum Gasteiger partial charge on any atom is 0.286 e. The van der Waals surface area contributed by atoms with E-state index in [9.17, 15) is 4.79 Å². The Labute approximate surface area is 187 Å². The lowest BCUT2D eigenvalue weighted by Crippen LogP contribution is -2.26. The number of hydrogen-bond donors (Lipinski definition) is 1. The molecule has 6 heteroatoms. The molecule has 0 saturated carbocycles. The Hall–Kier alpha value is -3.80. The summed E-state index contributed by atoms with van der Waals surface area (Å²) in [6, 6.07) is 19.5. The first-order chi connectivity index (χ1) is 15.8. The fourth-order valence-electron chi connectivity index (χ4n) is 3.72. The number of aromatic nitrogens is 2. The van der Waals surface area contributed by atoms with Crippen LogP contribution >= 0.6 is 0 Å². The van der Waals surface area contributed by atoms with Gasteiger partial charge in [0.25, 0.3) is 5.91 Å². The highest BCUT2D eigenvalue weighted by Gasteiger charge is 2.12. The second-order valence-electron chi connectivity index (χ2n) is 7.45. The van der Waals surface area contributed by atoms with E-state index in [1.807, 2.05) is 42.5 Å². The van der Waals surface area contributed by atoms with Crippen LogP contribution in [0.4, 0.5) is 0 Å². The van der Waals surface area contributed by atoms with Gasteiger partial charge in [0, 0.05) is 19.5 Å². The maximum atomic E-state index is 12.1. The maximum absolute atomic E-state index is 12.1. The lowest BCUT2D eigenvalue weighted by Gasteiger charge is -2.12. The van der Waals surface area contributed by atoms with E-state index in [-0.39, 0.29) is 5.91 Å². The molecule has 0 radical (unpaired) electrons. The van der Waals surface area contributed by atoms with Crippen LogP contribution in [0.15, 0.2) is 84.0 Å². The molecule has 0 aliphatic carbocycles. The Morgan fingerprint density at radius 2 is 1.97 bits per heavy atom. The first-order valence-electron chi connectivity index (χ1n) is 10.8. The first kappa shape index (κ1) is 21.4. The van der Waals surface area contributed by atoms with Gasteiger partial charge in [0.1, 0.15) is 11.6 Å². The van der Waals surface area contributed by atoms with E-state index in [4.69, 9.17) is 14.1 Å². The molecule has 0 unspecified atom stereocenters. The molecule has 0 bridgehead atoms. The summed E-state index contributed by atoms with van der Waals surface area (Å²) in [6.45, 7) is 5.69. The van der Waals surface area contributed by atoms with Gasteiger partial charge in [-0.1, -0.05) is 36.4 Å². The number of carbonyl (C=O) groups excluding carboxylic acids is 1. The number of imidazole rings is 1. The van der Waals surface area contributed by atoms with Crippen LogP contribution in [-0.2, 0) is 19.4 Å². The lowest BCUT2D eigenvalue weighted by molar-refractivity contribution is 0.0926. The second kappa shape index (κ2) is 10.5. The van der Waals surface area contributed by atoms with Crippen LogP contribution in [-0.4, -0.2) is 28.6 Å². The number of benzene rings is 2. The monoisotopic (exact) mass is 429 g/mol. The number of aryl methyl sites for hydroxylation is 1. The summed E-state index contributed by atoms with van der Waals surface area (Å²) in [4.78, 5) is 16.9. The summed E-state index contributed by atoms with van der Waals surface area (Å²) < 4.78 is 13.4. The fraction of sp³-hybridized carbons (Fsp3) is 0.231. The molecule has 0 saturated heterocycles. The Balaban J connectivity index is 1.38. The van der Waals surface area contributed by atoms with E-state index in [1.54, 1.807) is 12.1 Å². The number of allylic oxidation sites excluding steroid dienone is 1. The van der Waals surface area contributed by atoms with Gasteiger partial charge in [-0.3, -0.25) is 4.79 Å². The van der Waals surface area contributed by atoms with Crippen LogP contribution in [0.25, 0.3) is 11.0 Å². The molecular weight excluding hydrogens is 402 g/mol. The van der Waals surface area contributed by atoms with Crippen LogP contribution in [0, 0.1) is 0 Å². The van der Waals surface area contributed by atoms with E-state index >= 15 is 0 Å². The van der Waals surface area contributed by atoms with Crippen molar-refractivity contribution in [2.75, 3.05) is 13.2 Å². The van der Waals surface area contributed by atoms with Gasteiger partial charge in [-0.25, -0.2) is 4.98 Å². The smallest absolute Gasteiger partial charge is 0.286 e. The molecule has 0 spiro atoms. The minimum atomic E-state index is -0.218. The zero-order chi connectivity index (χ0) is 22.2. The summed E-state index contributed by atoms with van der Waals surface area (Å²) in [6.07, 6.45) is 5.64. The summed E-state index contributed by atoms with van der Waals surface area (Å²) in [5.41, 5.74) is 3.19. The van der Waals surface area contributed by atoms with Gasteiger partial charge in [0.2, 0.25) is 0 Å². The molecule has 2 heterocycles. The summed E-state index contributed by atoms with van der Waals surface area (Å²) in [5, 5.41) is 2.89. The number of ether oxygens (including phenoxy) is 1. The van der Waals surface area contributed by atoms with Crippen molar-refractivity contribution in [2.45, 2.75) is 25.8 Å². The molecule has 1 N–H and O–H groups in total. The summed E-state index contributed by atoms with van der Waals surface area (Å²) in [7, 11) is 0. The van der Waals surface area contributed by atoms with Gasteiger partial charge in [-0.2, -0.15) is 0 Å². The Morgan fingerprint density at radius 1 is 1.12 bits per heavy atom. The van der Waals surface area contributed by atoms with Gasteiger partial charge in [-0.15, -0.1) is 6.58 Å². The summed E-state index contributed by atoms with van der Waals surface area (Å²) in [5.74, 6) is 1.94. The Bertz CT molecular complexity index is 1180. The molecule has 4 aromatic rings. The van der Waals surface area contributed by atoms with Crippen molar-refractivity contribution in [1.29, 1.82) is 0 Å². The highest BCUT2D eigenvalue weighted by Crippen LogP contribution is 2.20. The van der Waals surface area contributed by atoms with Gasteiger partial charge in [0.05, 0.1) is 23.9 Å². The molecule has 2 aromatic heterocycles. The average Bonchev–Trinajstić information content (AvgIpc) is 3.46. The highest BCUT2D eigenvalue weighted by molar-refractivity contribution is 5.91. The normalized spacial score (nSPS) is 10.9. The van der Waals surface area contributed by atoms with E-state index in [1.165, 1.54) is 6.26 Å². The number of nitrogens with one attached hydrogen (secondary N) is 1. The molecule has 1 amide bonds. The standard InChI is InChI=1S/C26H27N3O3/c1-2-9-20-10-3-6-13-23(20)31-19-8-17-29-22-12-5-4-11-21(22)28-25(29)15-16-27-26(30)24-14-7-18-32-24/h2-7,10-14,18H,1,8-9,15-17,19H2,(H,27,30). The molecule has 6 nitrogen and oxygen atoms in total. The van der Waals surface area contributed by atoms with Crippen LogP contribution in [0.5, 0.6) is 5.75 Å². The number of rotatable bonds is 11. The number of nitrogens with zero attached hydrogens (tertiary/aromatic N) is 2. The highest BCUT2D eigenvalue weighted by atomic mass is 16.5. The molecule has 2 aromatic carbocycles. The molecule has 0 aliphatic rings. The molecule has 4 rings (SSSR count). The largest absolute Gasteiger partial charge is 0.493 e. The first-order valence-corrected chi connectivity index (χ1v) is 10.8. The minimum absolute atomic E-state index is 0.218. The molecule has 0 fully saturated rings. The number of carbonyl (C=O) groups is 1. The number of fused-ring (bicyclic) bond motifs is 1. The van der Waals surface area contributed by atoms with E-state index in [2.05, 4.69) is 28.6 Å². The van der Waals surface area contributed by atoms with Crippen molar-refractivity contribution in [1.82, 2.24) is 14.9 Å². The van der Waals surface area contributed by atoms with E-state index in [0.717, 1.165) is 47.6 Å². The van der Waals surface area contributed by atoms with Gasteiger partial charge < -0.3 is 19.0 Å². The topological polar surface area (TPSA) is 69.3 Å². The van der Waals surface area contributed by atoms with Gasteiger partial charge >= 0.3 is 0 Å². The van der Waals surface area contributed by atoms with Gasteiger partial charge in [-0.05, 0) is 48.7 Å². The SMILES string of the molecule is C=CCc1ccccc1OCCCn1c(CCNC(=O)c2ccco2)nc2ccccc21. The molecule has 32 heavy (non-hydrogen) atoms. The third kappa shape index (κ3) is 5.09. The molecule has 0 atom stereocenters. The fourth-order valence-corrected chi connectivity index (χ4v) is 3.72. The van der Waals surface area contributed by atoms with E-state index in [0.29, 0.717) is 25.3 Å². The second-order valence-corrected chi connectivity index (χ2v) is 7.45. The third-order valence-electron chi connectivity index (χ3n) is 5.23. The van der Waals surface area contributed by atoms with Gasteiger partial charge in [0.15, 0.2) is 5.76 Å². The lowest BCUT2D eigenvalue weighted by atomic mass is 10.1. The van der Waals surface area contributed by atoms with Crippen molar-refractivity contribution in [3.63, 3.8) is 0 Å². The molecular formula is C26H27N3O3.